The van der Waals surface area contributed by atoms with Crippen LogP contribution in [0, 0.1) is 0 Å². The number of likely N-dealkylation sites (tertiary alicyclic amines) is 2. The van der Waals surface area contributed by atoms with Gasteiger partial charge in [-0.05, 0) is 68.6 Å². The Morgan fingerprint density at radius 1 is 1.03 bits per heavy atom. The molecule has 190 valence electrons. The van der Waals surface area contributed by atoms with Crippen LogP contribution in [-0.2, 0) is 6.61 Å². The lowest BCUT2D eigenvalue weighted by atomic mass is 10.0. The Bertz CT molecular complexity index is 1360. The van der Waals surface area contributed by atoms with Crippen LogP contribution in [0.25, 0.3) is 16.9 Å². The Kier molecular flexibility index (Phi) is 6.40. The van der Waals surface area contributed by atoms with Crippen LogP contribution in [-0.4, -0.2) is 72.5 Å². The number of pyridine rings is 1. The van der Waals surface area contributed by atoms with Crippen molar-refractivity contribution in [2.75, 3.05) is 31.9 Å². The molecule has 2 N–H and O–H groups in total. The minimum atomic E-state index is 0.0975. The SMILES string of the molecule is Nc1ncc(-c2ccc(C(=O)N3CCC(N4CCCC4)CC3)cc2)cc1OCc1nc2ncccn2n1. The zero-order chi connectivity index (χ0) is 25.2. The standard InChI is InChI=1S/C27H30N8O2/c28-25-23(37-18-24-31-27-29-10-3-13-35(27)32-24)16-21(17-30-25)19-4-6-20(7-5-19)26(36)34-14-8-22(9-15-34)33-11-1-2-12-33/h3-7,10,13,16-17,22H,1-2,8-9,11-12,14-15,18H2,(H2,28,30). The Morgan fingerprint density at radius 3 is 2.57 bits per heavy atom. The lowest BCUT2D eigenvalue weighted by molar-refractivity contribution is 0.0644. The number of nitrogens with two attached hydrogens (primary N) is 1. The van der Waals surface area contributed by atoms with E-state index in [-0.39, 0.29) is 18.3 Å². The molecule has 10 nitrogen and oxygen atoms in total. The molecule has 1 amide bonds. The van der Waals surface area contributed by atoms with E-state index in [1.807, 2.05) is 35.2 Å². The molecule has 1 aromatic carbocycles. The Morgan fingerprint density at radius 2 is 1.81 bits per heavy atom. The van der Waals surface area contributed by atoms with Crippen LogP contribution in [0.1, 0.15) is 41.9 Å². The number of nitrogen functional groups attached to an aromatic ring is 1. The highest BCUT2D eigenvalue weighted by molar-refractivity contribution is 5.94. The van der Waals surface area contributed by atoms with E-state index in [1.54, 1.807) is 29.2 Å². The summed E-state index contributed by atoms with van der Waals surface area (Å²) in [5.74, 6) is 1.84. The third-order valence-corrected chi connectivity index (χ3v) is 7.27. The number of hydrogen-bond donors (Lipinski definition) is 1. The average Bonchev–Trinajstić information content (AvgIpc) is 3.63. The number of fused-ring (bicyclic) bond motifs is 1. The fourth-order valence-electron chi connectivity index (χ4n) is 5.24. The van der Waals surface area contributed by atoms with E-state index in [1.165, 1.54) is 25.9 Å². The molecule has 2 aliphatic rings. The van der Waals surface area contributed by atoms with Crippen LogP contribution in [0.2, 0.25) is 0 Å². The number of carbonyl (C=O) groups is 1. The highest BCUT2D eigenvalue weighted by Crippen LogP contribution is 2.28. The molecular formula is C27H30N8O2. The van der Waals surface area contributed by atoms with E-state index < -0.39 is 0 Å². The minimum Gasteiger partial charge on any atom is -0.482 e. The van der Waals surface area contributed by atoms with E-state index in [4.69, 9.17) is 10.5 Å². The number of anilines is 1. The minimum absolute atomic E-state index is 0.0975. The van der Waals surface area contributed by atoms with Gasteiger partial charge in [0, 0.05) is 48.8 Å². The van der Waals surface area contributed by atoms with E-state index >= 15 is 0 Å². The van der Waals surface area contributed by atoms with E-state index in [0.717, 1.165) is 37.1 Å². The van der Waals surface area contributed by atoms with Crippen molar-refractivity contribution in [3.63, 3.8) is 0 Å². The molecule has 2 fully saturated rings. The second-order valence-corrected chi connectivity index (χ2v) is 9.63. The van der Waals surface area contributed by atoms with Gasteiger partial charge >= 0.3 is 0 Å². The number of aromatic nitrogens is 5. The largest absolute Gasteiger partial charge is 0.482 e. The molecule has 0 aliphatic carbocycles. The molecule has 0 unspecified atom stereocenters. The van der Waals surface area contributed by atoms with Crippen LogP contribution < -0.4 is 10.5 Å². The summed E-state index contributed by atoms with van der Waals surface area (Å²) in [6.45, 7) is 4.20. The Labute approximate surface area is 215 Å². The highest BCUT2D eigenvalue weighted by Gasteiger charge is 2.28. The van der Waals surface area contributed by atoms with Crippen molar-refractivity contribution in [2.24, 2.45) is 0 Å². The molecule has 0 atom stereocenters. The Balaban J connectivity index is 1.10. The summed E-state index contributed by atoms with van der Waals surface area (Å²) < 4.78 is 7.48. The molecule has 5 heterocycles. The normalized spacial score (nSPS) is 16.9. The summed E-state index contributed by atoms with van der Waals surface area (Å²) >= 11 is 0. The van der Waals surface area contributed by atoms with Crippen molar-refractivity contribution in [2.45, 2.75) is 38.3 Å². The molecule has 6 rings (SSSR count). The highest BCUT2D eigenvalue weighted by atomic mass is 16.5. The number of benzene rings is 1. The predicted octanol–water partition coefficient (Wildman–Crippen LogP) is 3.05. The quantitative estimate of drug-likeness (QED) is 0.431. The molecular weight excluding hydrogens is 468 g/mol. The van der Waals surface area contributed by atoms with Crippen molar-refractivity contribution >= 4 is 17.5 Å². The fraction of sp³-hybridized carbons (Fsp3) is 0.370. The molecule has 37 heavy (non-hydrogen) atoms. The maximum atomic E-state index is 13.1. The summed E-state index contributed by atoms with van der Waals surface area (Å²) in [6.07, 6.45) is 9.88. The van der Waals surface area contributed by atoms with Crippen LogP contribution >= 0.6 is 0 Å². The number of nitrogens with zero attached hydrogens (tertiary/aromatic N) is 7. The van der Waals surface area contributed by atoms with Gasteiger partial charge in [-0.3, -0.25) is 4.79 Å². The molecule has 10 heteroatoms. The van der Waals surface area contributed by atoms with E-state index in [2.05, 4.69) is 25.0 Å². The smallest absolute Gasteiger partial charge is 0.253 e. The number of piperidine rings is 1. The second-order valence-electron chi connectivity index (χ2n) is 9.63. The average molecular weight is 499 g/mol. The van der Waals surface area contributed by atoms with Crippen molar-refractivity contribution in [3.05, 3.63) is 66.4 Å². The van der Waals surface area contributed by atoms with Gasteiger partial charge in [-0.25, -0.2) is 14.5 Å². The third kappa shape index (κ3) is 4.97. The van der Waals surface area contributed by atoms with Gasteiger partial charge in [-0.2, -0.15) is 4.98 Å². The van der Waals surface area contributed by atoms with Gasteiger partial charge in [0.25, 0.3) is 11.7 Å². The molecule has 2 saturated heterocycles. The number of ether oxygens (including phenoxy) is 1. The van der Waals surface area contributed by atoms with Crippen molar-refractivity contribution in [1.29, 1.82) is 0 Å². The molecule has 0 saturated carbocycles. The van der Waals surface area contributed by atoms with E-state index in [0.29, 0.717) is 29.0 Å². The monoisotopic (exact) mass is 498 g/mol. The van der Waals surface area contributed by atoms with Crippen LogP contribution in [0.4, 0.5) is 5.82 Å². The molecule has 0 bridgehead atoms. The molecule has 0 spiro atoms. The number of hydrogen-bond acceptors (Lipinski definition) is 8. The fourth-order valence-corrected chi connectivity index (χ4v) is 5.24. The first-order chi connectivity index (χ1) is 18.1. The van der Waals surface area contributed by atoms with Gasteiger partial charge in [-0.15, -0.1) is 5.10 Å². The van der Waals surface area contributed by atoms with Crippen molar-refractivity contribution in [3.8, 4) is 16.9 Å². The molecule has 4 aromatic rings. The lowest BCUT2D eigenvalue weighted by Crippen LogP contribution is -2.45. The van der Waals surface area contributed by atoms with Crippen LogP contribution in [0.3, 0.4) is 0 Å². The zero-order valence-corrected chi connectivity index (χ0v) is 20.7. The second kappa shape index (κ2) is 10.1. The lowest BCUT2D eigenvalue weighted by Gasteiger charge is -2.36. The predicted molar refractivity (Wildman–Crippen MR) is 139 cm³/mol. The molecule has 3 aromatic heterocycles. The summed E-state index contributed by atoms with van der Waals surface area (Å²) in [5.41, 5.74) is 8.53. The number of amides is 1. The van der Waals surface area contributed by atoms with Crippen LogP contribution in [0.15, 0.2) is 55.0 Å². The zero-order valence-electron chi connectivity index (χ0n) is 20.7. The maximum absolute atomic E-state index is 13.1. The van der Waals surface area contributed by atoms with E-state index in [9.17, 15) is 4.79 Å². The molecule has 0 radical (unpaired) electrons. The van der Waals surface area contributed by atoms with Gasteiger partial charge in [0.15, 0.2) is 17.4 Å². The first kappa shape index (κ1) is 23.4. The number of rotatable bonds is 6. The first-order valence-electron chi connectivity index (χ1n) is 12.8. The Hall–Kier alpha value is -4.05. The topological polar surface area (TPSA) is 115 Å². The van der Waals surface area contributed by atoms with Crippen LogP contribution in [0.5, 0.6) is 5.75 Å². The van der Waals surface area contributed by atoms with Crippen molar-refractivity contribution in [1.82, 2.24) is 34.4 Å². The number of carbonyl (C=O) groups excluding carboxylic acids is 1. The summed E-state index contributed by atoms with van der Waals surface area (Å²) in [4.78, 5) is 30.5. The maximum Gasteiger partial charge on any atom is 0.253 e. The molecule has 2 aliphatic heterocycles. The summed E-state index contributed by atoms with van der Waals surface area (Å²) in [7, 11) is 0. The summed E-state index contributed by atoms with van der Waals surface area (Å²) in [5, 5.41) is 4.35. The third-order valence-electron chi connectivity index (χ3n) is 7.27. The summed E-state index contributed by atoms with van der Waals surface area (Å²) in [6, 6.07) is 11.9. The van der Waals surface area contributed by atoms with Gasteiger partial charge in [-0.1, -0.05) is 12.1 Å². The van der Waals surface area contributed by atoms with Gasteiger partial charge in [0.2, 0.25) is 0 Å². The van der Waals surface area contributed by atoms with Crippen molar-refractivity contribution < 1.29 is 9.53 Å². The van der Waals surface area contributed by atoms with Gasteiger partial charge in [0.1, 0.15) is 6.61 Å². The van der Waals surface area contributed by atoms with Gasteiger partial charge in [0.05, 0.1) is 0 Å². The van der Waals surface area contributed by atoms with Gasteiger partial charge < -0.3 is 20.3 Å². The first-order valence-corrected chi connectivity index (χ1v) is 12.8.